The van der Waals surface area contributed by atoms with Gasteiger partial charge in [0.2, 0.25) is 5.91 Å². The summed E-state index contributed by atoms with van der Waals surface area (Å²) in [4.78, 5) is 21.9. The summed E-state index contributed by atoms with van der Waals surface area (Å²) < 4.78 is 18.8. The van der Waals surface area contributed by atoms with Crippen LogP contribution in [0.4, 0.5) is 5.82 Å². The highest BCUT2D eigenvalue weighted by Gasteiger charge is 2.24. The second-order valence-corrected chi connectivity index (χ2v) is 9.70. The number of amides is 1. The molecular formula is C28H33N5O4. The third kappa shape index (κ3) is 5.50. The minimum atomic E-state index is -0.280. The van der Waals surface area contributed by atoms with Gasteiger partial charge in [0, 0.05) is 29.3 Å². The van der Waals surface area contributed by atoms with Crippen LogP contribution in [0.15, 0.2) is 42.7 Å². The molecule has 1 aromatic carbocycles. The van der Waals surface area contributed by atoms with Gasteiger partial charge in [0.15, 0.2) is 0 Å². The highest BCUT2D eigenvalue weighted by molar-refractivity contribution is 5.92. The van der Waals surface area contributed by atoms with E-state index in [2.05, 4.69) is 43.0 Å². The Labute approximate surface area is 216 Å². The molecule has 9 heteroatoms. The van der Waals surface area contributed by atoms with Gasteiger partial charge in [0.1, 0.15) is 28.8 Å². The van der Waals surface area contributed by atoms with Gasteiger partial charge in [-0.2, -0.15) is 5.10 Å². The van der Waals surface area contributed by atoms with E-state index < -0.39 is 0 Å². The lowest BCUT2D eigenvalue weighted by atomic mass is 10.1. The van der Waals surface area contributed by atoms with Gasteiger partial charge in [-0.1, -0.05) is 6.92 Å². The Balaban J connectivity index is 1.55. The molecule has 0 saturated heterocycles. The van der Waals surface area contributed by atoms with Crippen LogP contribution >= 0.6 is 0 Å². The van der Waals surface area contributed by atoms with Crippen molar-refractivity contribution < 1.29 is 19.0 Å². The van der Waals surface area contributed by atoms with Crippen molar-refractivity contribution in [2.24, 2.45) is 0 Å². The lowest BCUT2D eigenvalue weighted by Gasteiger charge is -2.23. The summed E-state index contributed by atoms with van der Waals surface area (Å²) in [5.41, 5.74) is 2.91. The predicted octanol–water partition coefficient (Wildman–Crippen LogP) is 5.44. The van der Waals surface area contributed by atoms with E-state index in [4.69, 9.17) is 19.3 Å². The number of fused-ring (bicyclic) bond motifs is 1. The summed E-state index contributed by atoms with van der Waals surface area (Å²) in [5, 5.41) is 8.59. The van der Waals surface area contributed by atoms with Gasteiger partial charge in [-0.25, -0.2) is 4.68 Å². The van der Waals surface area contributed by atoms with Crippen molar-refractivity contribution in [3.8, 4) is 23.0 Å². The molecule has 0 radical (unpaired) electrons. The number of benzene rings is 1. The fourth-order valence-electron chi connectivity index (χ4n) is 4.10. The van der Waals surface area contributed by atoms with Gasteiger partial charge in [0.05, 0.1) is 49.3 Å². The second kappa shape index (κ2) is 10.5. The number of nitrogens with one attached hydrogen (secondary N) is 1. The molecule has 0 saturated carbocycles. The Morgan fingerprint density at radius 2 is 1.78 bits per heavy atom. The Kier molecular flexibility index (Phi) is 7.33. The van der Waals surface area contributed by atoms with E-state index in [1.807, 2.05) is 29.8 Å². The van der Waals surface area contributed by atoms with Crippen molar-refractivity contribution in [3.63, 3.8) is 0 Å². The normalized spacial score (nSPS) is 11.4. The summed E-state index contributed by atoms with van der Waals surface area (Å²) in [7, 11) is 3.16. The number of carbonyl (C=O) groups is 1. The van der Waals surface area contributed by atoms with Gasteiger partial charge in [-0.3, -0.25) is 14.8 Å². The molecule has 3 heterocycles. The summed E-state index contributed by atoms with van der Waals surface area (Å²) in [6, 6.07) is 9.11. The molecule has 37 heavy (non-hydrogen) atoms. The number of ether oxygens (including phenoxy) is 3. The molecule has 1 amide bonds. The Morgan fingerprint density at radius 3 is 2.46 bits per heavy atom. The van der Waals surface area contributed by atoms with Crippen LogP contribution in [-0.2, 0) is 23.2 Å². The maximum absolute atomic E-state index is 13.1. The van der Waals surface area contributed by atoms with E-state index in [9.17, 15) is 4.79 Å². The Hall–Kier alpha value is -4.14. The van der Waals surface area contributed by atoms with E-state index >= 15 is 0 Å². The van der Waals surface area contributed by atoms with Crippen molar-refractivity contribution in [2.45, 2.75) is 53.0 Å². The molecule has 4 rings (SSSR count). The van der Waals surface area contributed by atoms with Gasteiger partial charge >= 0.3 is 0 Å². The zero-order valence-electron chi connectivity index (χ0n) is 22.4. The number of aryl methyl sites for hydroxylation is 1. The molecule has 0 spiro atoms. The molecule has 0 aliphatic carbocycles. The number of aromatic nitrogens is 4. The van der Waals surface area contributed by atoms with Crippen LogP contribution in [0.2, 0.25) is 0 Å². The first-order valence-corrected chi connectivity index (χ1v) is 12.2. The van der Waals surface area contributed by atoms with Crippen LogP contribution in [0, 0.1) is 6.92 Å². The predicted molar refractivity (Wildman–Crippen MR) is 143 cm³/mol. The molecule has 194 valence electrons. The third-order valence-corrected chi connectivity index (χ3v) is 6.04. The molecule has 0 atom stereocenters. The van der Waals surface area contributed by atoms with Crippen LogP contribution < -0.4 is 19.5 Å². The summed E-state index contributed by atoms with van der Waals surface area (Å²) in [5.74, 6) is 2.79. The van der Waals surface area contributed by atoms with Gasteiger partial charge in [-0.15, -0.1) is 0 Å². The topological polar surface area (TPSA) is 100 Å². The van der Waals surface area contributed by atoms with Crippen molar-refractivity contribution >= 4 is 22.6 Å². The number of hydrogen-bond donors (Lipinski definition) is 1. The average molecular weight is 504 g/mol. The Morgan fingerprint density at radius 1 is 1.00 bits per heavy atom. The maximum Gasteiger partial charge on any atom is 0.231 e. The van der Waals surface area contributed by atoms with E-state index in [1.54, 1.807) is 38.7 Å². The number of rotatable bonds is 8. The molecule has 3 aromatic heterocycles. The first-order chi connectivity index (χ1) is 17.6. The molecule has 9 nitrogen and oxygen atoms in total. The minimum Gasteiger partial charge on any atom is -0.497 e. The maximum atomic E-state index is 13.1. The summed E-state index contributed by atoms with van der Waals surface area (Å²) in [6.45, 7) is 10.2. The van der Waals surface area contributed by atoms with Gasteiger partial charge in [-0.05, 0) is 52.3 Å². The first kappa shape index (κ1) is 25.9. The molecule has 0 fully saturated rings. The minimum absolute atomic E-state index is 0.0393. The second-order valence-electron chi connectivity index (χ2n) is 9.70. The van der Waals surface area contributed by atoms with Crippen LogP contribution in [0.3, 0.4) is 0 Å². The van der Waals surface area contributed by atoms with Gasteiger partial charge in [0.25, 0.3) is 0 Å². The SMILES string of the molecule is CCc1nn(C(C)(C)C)c(NC(=O)Cc2ncc(Oc3ccnc4cc(OC)ccc34)cc2OC)c1C. The quantitative estimate of drug-likeness (QED) is 0.342. The molecule has 1 N–H and O–H groups in total. The van der Waals surface area contributed by atoms with E-state index in [0.29, 0.717) is 28.8 Å². The molecule has 0 aliphatic heterocycles. The first-order valence-electron chi connectivity index (χ1n) is 12.2. The van der Waals surface area contributed by atoms with Crippen molar-refractivity contribution in [3.05, 3.63) is 59.7 Å². The molecule has 0 unspecified atom stereocenters. The average Bonchev–Trinajstić information content (AvgIpc) is 3.20. The zero-order valence-corrected chi connectivity index (χ0v) is 22.4. The van der Waals surface area contributed by atoms with Crippen LogP contribution in [0.5, 0.6) is 23.0 Å². The van der Waals surface area contributed by atoms with Crippen molar-refractivity contribution in [1.29, 1.82) is 0 Å². The molecule has 4 aromatic rings. The Bertz CT molecular complexity index is 1440. The molecule has 0 aliphatic rings. The van der Waals surface area contributed by atoms with E-state index in [-0.39, 0.29) is 17.9 Å². The standard InChI is InChI=1S/C28H33N5O4/c1-8-21-17(2)27(33(32-21)28(3,4)5)31-26(34)15-23-25(36-7)14-19(16-30-23)37-24-11-12-29-22-13-18(35-6)9-10-20(22)24/h9-14,16H,8,15H2,1-7H3,(H,31,34). The molecular weight excluding hydrogens is 470 g/mol. The van der Waals surface area contributed by atoms with Crippen LogP contribution in [0.25, 0.3) is 10.9 Å². The number of nitrogens with zero attached hydrogens (tertiary/aromatic N) is 4. The fraction of sp³-hybridized carbons (Fsp3) is 0.357. The smallest absolute Gasteiger partial charge is 0.231 e. The highest BCUT2D eigenvalue weighted by atomic mass is 16.5. The summed E-state index contributed by atoms with van der Waals surface area (Å²) >= 11 is 0. The number of anilines is 1. The molecule has 0 bridgehead atoms. The fourth-order valence-corrected chi connectivity index (χ4v) is 4.10. The largest absolute Gasteiger partial charge is 0.497 e. The summed E-state index contributed by atoms with van der Waals surface area (Å²) in [6.07, 6.45) is 4.09. The van der Waals surface area contributed by atoms with Crippen LogP contribution in [-0.4, -0.2) is 39.9 Å². The third-order valence-electron chi connectivity index (χ3n) is 6.04. The number of methoxy groups -OCH3 is 2. The highest BCUT2D eigenvalue weighted by Crippen LogP contribution is 2.33. The zero-order chi connectivity index (χ0) is 26.7. The van der Waals surface area contributed by atoms with Crippen molar-refractivity contribution in [1.82, 2.24) is 19.7 Å². The lowest BCUT2D eigenvalue weighted by Crippen LogP contribution is -2.27. The van der Waals surface area contributed by atoms with Crippen LogP contribution in [0.1, 0.15) is 44.6 Å². The van der Waals surface area contributed by atoms with E-state index in [1.165, 1.54) is 0 Å². The van der Waals surface area contributed by atoms with Crippen molar-refractivity contribution in [2.75, 3.05) is 19.5 Å². The number of pyridine rings is 2. The number of hydrogen-bond acceptors (Lipinski definition) is 7. The van der Waals surface area contributed by atoms with Gasteiger partial charge < -0.3 is 19.5 Å². The monoisotopic (exact) mass is 503 g/mol. The number of carbonyl (C=O) groups excluding carboxylic acids is 1. The lowest BCUT2D eigenvalue weighted by molar-refractivity contribution is -0.115. The van der Waals surface area contributed by atoms with E-state index in [0.717, 1.165) is 34.3 Å².